The number of rotatable bonds is 3. The molecule has 3 aliphatic rings. The summed E-state index contributed by atoms with van der Waals surface area (Å²) in [6.07, 6.45) is 12.2. The monoisotopic (exact) mass is 472 g/mol. The lowest BCUT2D eigenvalue weighted by molar-refractivity contribution is 0.0149. The van der Waals surface area contributed by atoms with Crippen molar-refractivity contribution in [2.24, 2.45) is 0 Å². The van der Waals surface area contributed by atoms with Crippen LogP contribution in [0.5, 0.6) is 11.5 Å². The Morgan fingerprint density at radius 2 is 1.80 bits per heavy atom. The predicted molar refractivity (Wildman–Crippen MR) is 129 cm³/mol. The minimum atomic E-state index is 0.251. The van der Waals surface area contributed by atoms with E-state index in [0.717, 1.165) is 47.2 Å². The second-order valence-corrected chi connectivity index (χ2v) is 9.20. The van der Waals surface area contributed by atoms with Crippen molar-refractivity contribution in [2.45, 2.75) is 58.1 Å². The smallest absolute Gasteiger partial charge is 0.231 e. The number of nitrogens with zero attached hydrogens (tertiary/aromatic N) is 6. The second kappa shape index (κ2) is 9.22. The molecular weight excluding hydrogens is 444 g/mol. The molecule has 5 heterocycles. The standard InChI is InChI=1S/C15H12N4O2.C11H16N2O/c1-8-9(2)19-15-14(18-8)13(16-6-17-15)10-3-4-11-12(5-10)21-7-20-11;1-2-6-14-11(3-1)9-7-12-13(8-9)10-4-5-10/h3-6H,7H2,1-2H3;7-8,10-11H,1-6H2. The van der Waals surface area contributed by atoms with Gasteiger partial charge in [0.1, 0.15) is 17.5 Å². The SMILES string of the molecule is Cc1nc2ncnc(-c3ccc4c(c3)OCO4)c2nc1C.c1nn(C2CC2)cc1C1CCCCO1. The van der Waals surface area contributed by atoms with Gasteiger partial charge >= 0.3 is 0 Å². The van der Waals surface area contributed by atoms with E-state index in [2.05, 4.69) is 35.9 Å². The molecule has 2 aliphatic heterocycles. The van der Waals surface area contributed by atoms with Crippen molar-refractivity contribution >= 4 is 11.2 Å². The molecule has 1 saturated heterocycles. The third-order valence-corrected chi connectivity index (χ3v) is 6.62. The first-order chi connectivity index (χ1) is 17.2. The highest BCUT2D eigenvalue weighted by molar-refractivity contribution is 5.87. The fourth-order valence-corrected chi connectivity index (χ4v) is 4.36. The molecule has 4 aromatic rings. The van der Waals surface area contributed by atoms with E-state index in [1.807, 2.05) is 38.2 Å². The van der Waals surface area contributed by atoms with E-state index in [1.165, 1.54) is 37.6 Å². The van der Waals surface area contributed by atoms with Gasteiger partial charge in [0.05, 0.1) is 29.7 Å². The Morgan fingerprint density at radius 3 is 2.63 bits per heavy atom. The van der Waals surface area contributed by atoms with E-state index in [-0.39, 0.29) is 6.79 Å². The zero-order valence-electron chi connectivity index (χ0n) is 20.0. The van der Waals surface area contributed by atoms with Crippen molar-refractivity contribution < 1.29 is 14.2 Å². The maximum absolute atomic E-state index is 5.72. The molecule has 9 nitrogen and oxygen atoms in total. The number of aromatic nitrogens is 6. The fraction of sp³-hybridized carbons (Fsp3) is 0.423. The second-order valence-electron chi connectivity index (χ2n) is 9.20. The van der Waals surface area contributed by atoms with Crippen LogP contribution >= 0.6 is 0 Å². The summed E-state index contributed by atoms with van der Waals surface area (Å²) < 4.78 is 18.6. The van der Waals surface area contributed by atoms with Crippen molar-refractivity contribution in [1.82, 2.24) is 29.7 Å². The number of fused-ring (bicyclic) bond motifs is 2. The summed E-state index contributed by atoms with van der Waals surface area (Å²) in [7, 11) is 0. The van der Waals surface area contributed by atoms with Gasteiger partial charge < -0.3 is 14.2 Å². The Hall–Kier alpha value is -3.59. The summed E-state index contributed by atoms with van der Waals surface area (Å²) >= 11 is 0. The lowest BCUT2D eigenvalue weighted by Gasteiger charge is -2.21. The summed E-state index contributed by atoms with van der Waals surface area (Å²) in [5.41, 5.74) is 5.96. The largest absolute Gasteiger partial charge is 0.454 e. The Balaban J connectivity index is 0.000000141. The van der Waals surface area contributed by atoms with Crippen molar-refractivity contribution in [3.63, 3.8) is 0 Å². The maximum atomic E-state index is 5.72. The molecule has 0 spiro atoms. The van der Waals surface area contributed by atoms with Crippen LogP contribution in [0.4, 0.5) is 0 Å². The molecule has 2 fully saturated rings. The van der Waals surface area contributed by atoms with Gasteiger partial charge in [-0.1, -0.05) is 0 Å². The van der Waals surface area contributed by atoms with Gasteiger partial charge in [0.2, 0.25) is 6.79 Å². The molecule has 1 unspecified atom stereocenters. The maximum Gasteiger partial charge on any atom is 0.231 e. The number of hydrogen-bond donors (Lipinski definition) is 0. The summed E-state index contributed by atoms with van der Waals surface area (Å²) in [6, 6.07) is 6.40. The van der Waals surface area contributed by atoms with Gasteiger partial charge in [0.15, 0.2) is 17.1 Å². The topological polar surface area (TPSA) is 97.1 Å². The van der Waals surface area contributed by atoms with Crippen molar-refractivity contribution in [3.05, 3.63) is 53.9 Å². The van der Waals surface area contributed by atoms with Gasteiger partial charge in [-0.3, -0.25) is 4.68 Å². The van der Waals surface area contributed by atoms with Crippen LogP contribution in [0.1, 0.15) is 61.2 Å². The van der Waals surface area contributed by atoms with Crippen molar-refractivity contribution in [2.75, 3.05) is 13.4 Å². The van der Waals surface area contributed by atoms with Gasteiger partial charge in [0.25, 0.3) is 0 Å². The molecule has 1 aromatic carbocycles. The number of ether oxygens (including phenoxy) is 3. The van der Waals surface area contributed by atoms with Crippen LogP contribution in [-0.2, 0) is 4.74 Å². The summed E-state index contributed by atoms with van der Waals surface area (Å²) in [4.78, 5) is 17.6. The third kappa shape index (κ3) is 4.55. The Morgan fingerprint density at radius 1 is 0.943 bits per heavy atom. The molecule has 0 radical (unpaired) electrons. The highest BCUT2D eigenvalue weighted by atomic mass is 16.7. The summed E-state index contributed by atoms with van der Waals surface area (Å²) in [5.74, 6) is 1.46. The molecule has 0 N–H and O–H groups in total. The first-order valence-electron chi connectivity index (χ1n) is 12.2. The highest BCUT2D eigenvalue weighted by Crippen LogP contribution is 2.37. The minimum Gasteiger partial charge on any atom is -0.454 e. The molecule has 35 heavy (non-hydrogen) atoms. The van der Waals surface area contributed by atoms with Gasteiger partial charge in [-0.15, -0.1) is 0 Å². The van der Waals surface area contributed by atoms with E-state index in [4.69, 9.17) is 14.2 Å². The first-order valence-corrected chi connectivity index (χ1v) is 12.2. The normalized spacial score (nSPS) is 18.9. The molecule has 0 bridgehead atoms. The van der Waals surface area contributed by atoms with Crippen molar-refractivity contribution in [3.8, 4) is 22.8 Å². The van der Waals surface area contributed by atoms with Crippen LogP contribution in [0.15, 0.2) is 36.9 Å². The molecule has 0 amide bonds. The highest BCUT2D eigenvalue weighted by Gasteiger charge is 2.26. The summed E-state index contributed by atoms with van der Waals surface area (Å²) in [6.45, 7) is 5.02. The van der Waals surface area contributed by atoms with E-state index in [0.29, 0.717) is 23.3 Å². The van der Waals surface area contributed by atoms with E-state index in [9.17, 15) is 0 Å². The molecule has 1 saturated carbocycles. The zero-order chi connectivity index (χ0) is 23.8. The lowest BCUT2D eigenvalue weighted by Crippen LogP contribution is -2.10. The van der Waals surface area contributed by atoms with Crippen LogP contribution < -0.4 is 9.47 Å². The zero-order valence-corrected chi connectivity index (χ0v) is 20.0. The fourth-order valence-electron chi connectivity index (χ4n) is 4.36. The first kappa shape index (κ1) is 21.9. The van der Waals surface area contributed by atoms with E-state index < -0.39 is 0 Å². The average molecular weight is 473 g/mol. The molecule has 180 valence electrons. The molecule has 3 aromatic heterocycles. The molecular formula is C26H28N6O3. The van der Waals surface area contributed by atoms with Gasteiger partial charge in [-0.2, -0.15) is 5.10 Å². The minimum absolute atomic E-state index is 0.251. The third-order valence-electron chi connectivity index (χ3n) is 6.62. The number of aryl methyl sites for hydroxylation is 2. The molecule has 7 rings (SSSR count). The molecule has 9 heteroatoms. The van der Waals surface area contributed by atoms with Crippen molar-refractivity contribution in [1.29, 1.82) is 0 Å². The Kier molecular flexibility index (Phi) is 5.77. The predicted octanol–water partition coefficient (Wildman–Crippen LogP) is 4.89. The van der Waals surface area contributed by atoms with E-state index >= 15 is 0 Å². The van der Waals surface area contributed by atoms with Crippen LogP contribution in [0, 0.1) is 13.8 Å². The van der Waals surface area contributed by atoms with Crippen LogP contribution in [0.25, 0.3) is 22.4 Å². The van der Waals surface area contributed by atoms with E-state index in [1.54, 1.807) is 0 Å². The van der Waals surface area contributed by atoms with Crippen LogP contribution in [0.2, 0.25) is 0 Å². The van der Waals surface area contributed by atoms with Crippen LogP contribution in [0.3, 0.4) is 0 Å². The summed E-state index contributed by atoms with van der Waals surface area (Å²) in [5, 5.41) is 4.39. The molecule has 1 atom stereocenters. The Labute approximate surface area is 203 Å². The Bertz CT molecular complexity index is 1360. The van der Waals surface area contributed by atoms with Gasteiger partial charge in [0, 0.05) is 23.9 Å². The van der Waals surface area contributed by atoms with Gasteiger partial charge in [-0.25, -0.2) is 19.9 Å². The lowest BCUT2D eigenvalue weighted by atomic mass is 10.0. The quantitative estimate of drug-likeness (QED) is 0.416. The van der Waals surface area contributed by atoms with Gasteiger partial charge in [-0.05, 0) is 64.2 Å². The van der Waals surface area contributed by atoms with Crippen LogP contribution in [-0.4, -0.2) is 43.1 Å². The average Bonchev–Trinajstić information content (AvgIpc) is 3.42. The number of benzene rings is 1. The number of hydrogen-bond acceptors (Lipinski definition) is 8. The molecule has 1 aliphatic carbocycles.